The van der Waals surface area contributed by atoms with Crippen LogP contribution in [-0.2, 0) is 0 Å². The maximum absolute atomic E-state index is 12.0. The highest BCUT2D eigenvalue weighted by molar-refractivity contribution is 7.10. The highest BCUT2D eigenvalue weighted by Crippen LogP contribution is 2.24. The Balaban J connectivity index is 2.10. The zero-order chi connectivity index (χ0) is 13.1. The van der Waals surface area contributed by atoms with Crippen LogP contribution in [0.1, 0.15) is 28.2 Å². The third-order valence-corrected chi connectivity index (χ3v) is 3.89. The first kappa shape index (κ1) is 12.9. The number of rotatable bonds is 3. The van der Waals surface area contributed by atoms with Gasteiger partial charge in [-0.25, -0.2) is 0 Å². The number of phenols is 1. The van der Waals surface area contributed by atoms with E-state index in [9.17, 15) is 9.90 Å². The minimum Gasteiger partial charge on any atom is -0.506 e. The smallest absolute Gasteiger partial charge is 0.251 e. The van der Waals surface area contributed by atoms with Crippen LogP contribution in [0.15, 0.2) is 35.7 Å². The molecule has 2 N–H and O–H groups in total. The average molecular weight is 282 g/mol. The third kappa shape index (κ3) is 2.83. The molecular formula is C13H12ClNO2S. The van der Waals surface area contributed by atoms with Crippen LogP contribution in [0.3, 0.4) is 0 Å². The molecule has 1 heterocycles. The Labute approximate surface area is 114 Å². The van der Waals surface area contributed by atoms with Crippen LogP contribution < -0.4 is 5.32 Å². The standard InChI is InChI=1S/C13H12ClNO2S/c1-8(12-3-2-6-18-12)15-13(17)9-4-5-11(16)10(14)7-9/h2-8,16H,1H3,(H,15,17). The molecule has 18 heavy (non-hydrogen) atoms. The summed E-state index contributed by atoms with van der Waals surface area (Å²) in [5.41, 5.74) is 0.432. The Bertz CT molecular complexity index is 554. The summed E-state index contributed by atoms with van der Waals surface area (Å²) in [5.74, 6) is -0.239. The van der Waals surface area contributed by atoms with Gasteiger partial charge in [0.05, 0.1) is 11.1 Å². The van der Waals surface area contributed by atoms with Crippen LogP contribution in [0.2, 0.25) is 5.02 Å². The molecule has 0 saturated heterocycles. The number of hydrogen-bond acceptors (Lipinski definition) is 3. The van der Waals surface area contributed by atoms with Gasteiger partial charge in [-0.2, -0.15) is 0 Å². The Kier molecular flexibility index (Phi) is 3.89. The van der Waals surface area contributed by atoms with Gasteiger partial charge in [-0.3, -0.25) is 4.79 Å². The summed E-state index contributed by atoms with van der Waals surface area (Å²) in [5, 5.41) is 14.3. The lowest BCUT2D eigenvalue weighted by molar-refractivity contribution is 0.0940. The molecule has 1 aromatic heterocycles. The number of aromatic hydroxyl groups is 1. The van der Waals surface area contributed by atoms with Crippen molar-refractivity contribution in [1.82, 2.24) is 5.32 Å². The van der Waals surface area contributed by atoms with E-state index in [0.717, 1.165) is 4.88 Å². The van der Waals surface area contributed by atoms with Crippen LogP contribution >= 0.6 is 22.9 Å². The van der Waals surface area contributed by atoms with Crippen molar-refractivity contribution in [3.05, 3.63) is 51.2 Å². The van der Waals surface area contributed by atoms with E-state index >= 15 is 0 Å². The molecule has 0 aliphatic heterocycles. The van der Waals surface area contributed by atoms with E-state index in [1.54, 1.807) is 11.3 Å². The number of thiophene rings is 1. The Morgan fingerprint density at radius 3 is 2.83 bits per heavy atom. The predicted octanol–water partition coefficient (Wildman–Crippen LogP) is 3.60. The fraction of sp³-hybridized carbons (Fsp3) is 0.154. The van der Waals surface area contributed by atoms with Gasteiger partial charge >= 0.3 is 0 Å². The van der Waals surface area contributed by atoms with Gasteiger partial charge < -0.3 is 10.4 Å². The Morgan fingerprint density at radius 2 is 2.22 bits per heavy atom. The van der Waals surface area contributed by atoms with E-state index in [1.165, 1.54) is 18.2 Å². The summed E-state index contributed by atoms with van der Waals surface area (Å²) in [6.07, 6.45) is 0. The van der Waals surface area contributed by atoms with Gasteiger partial charge in [0.15, 0.2) is 0 Å². The molecule has 94 valence electrons. The van der Waals surface area contributed by atoms with Crippen LogP contribution in [0.5, 0.6) is 5.75 Å². The summed E-state index contributed by atoms with van der Waals surface area (Å²) >= 11 is 7.36. The summed E-state index contributed by atoms with van der Waals surface area (Å²) < 4.78 is 0. The molecule has 0 aliphatic carbocycles. The van der Waals surface area contributed by atoms with Gasteiger partial charge in [-0.1, -0.05) is 17.7 Å². The van der Waals surface area contributed by atoms with Crippen molar-refractivity contribution in [3.8, 4) is 5.75 Å². The number of nitrogens with one attached hydrogen (secondary N) is 1. The van der Waals surface area contributed by atoms with Gasteiger partial charge in [0.25, 0.3) is 5.91 Å². The Hall–Kier alpha value is -1.52. The molecule has 0 bridgehead atoms. The van der Waals surface area contributed by atoms with Gasteiger partial charge in [0.2, 0.25) is 0 Å². The molecule has 0 saturated carbocycles. The van der Waals surface area contributed by atoms with Crippen molar-refractivity contribution >= 4 is 28.8 Å². The minimum atomic E-state index is -0.210. The van der Waals surface area contributed by atoms with E-state index < -0.39 is 0 Å². The second-order valence-electron chi connectivity index (χ2n) is 3.88. The van der Waals surface area contributed by atoms with Gasteiger partial charge in [-0.05, 0) is 36.6 Å². The molecule has 2 rings (SSSR count). The van der Waals surface area contributed by atoms with Crippen molar-refractivity contribution in [2.75, 3.05) is 0 Å². The lowest BCUT2D eigenvalue weighted by atomic mass is 10.2. The van der Waals surface area contributed by atoms with E-state index in [4.69, 9.17) is 11.6 Å². The second kappa shape index (κ2) is 5.42. The summed E-state index contributed by atoms with van der Waals surface area (Å²) in [6, 6.07) is 8.27. The highest BCUT2D eigenvalue weighted by atomic mass is 35.5. The SMILES string of the molecule is CC(NC(=O)c1ccc(O)c(Cl)c1)c1cccs1. The zero-order valence-electron chi connectivity index (χ0n) is 9.68. The third-order valence-electron chi connectivity index (χ3n) is 2.53. The van der Waals surface area contributed by atoms with Crippen LogP contribution in [-0.4, -0.2) is 11.0 Å². The molecule has 0 aliphatic rings. The number of benzene rings is 1. The van der Waals surface area contributed by atoms with Crippen molar-refractivity contribution < 1.29 is 9.90 Å². The van der Waals surface area contributed by atoms with E-state index in [2.05, 4.69) is 5.32 Å². The zero-order valence-corrected chi connectivity index (χ0v) is 11.3. The number of carbonyl (C=O) groups is 1. The van der Waals surface area contributed by atoms with Crippen LogP contribution in [0, 0.1) is 0 Å². The molecule has 2 aromatic rings. The molecule has 1 aromatic carbocycles. The van der Waals surface area contributed by atoms with Crippen molar-refractivity contribution in [1.29, 1.82) is 0 Å². The molecule has 1 unspecified atom stereocenters. The summed E-state index contributed by atoms with van der Waals surface area (Å²) in [6.45, 7) is 1.92. The van der Waals surface area contributed by atoms with Crippen molar-refractivity contribution in [3.63, 3.8) is 0 Å². The average Bonchev–Trinajstić information content (AvgIpc) is 2.86. The van der Waals surface area contributed by atoms with Crippen LogP contribution in [0.25, 0.3) is 0 Å². The minimum absolute atomic E-state index is 0.0282. The molecular weight excluding hydrogens is 270 g/mol. The van der Waals surface area contributed by atoms with E-state index in [-0.39, 0.29) is 22.7 Å². The molecule has 1 amide bonds. The van der Waals surface area contributed by atoms with Gasteiger partial charge in [0.1, 0.15) is 5.75 Å². The lowest BCUT2D eigenvalue weighted by Gasteiger charge is -2.12. The maximum Gasteiger partial charge on any atom is 0.251 e. The molecule has 0 spiro atoms. The first-order chi connectivity index (χ1) is 8.58. The number of carbonyl (C=O) groups excluding carboxylic acids is 1. The monoisotopic (exact) mass is 281 g/mol. The van der Waals surface area contributed by atoms with Crippen molar-refractivity contribution in [2.24, 2.45) is 0 Å². The fourth-order valence-corrected chi connectivity index (χ4v) is 2.45. The maximum atomic E-state index is 12.0. The van der Waals surface area contributed by atoms with Gasteiger partial charge in [0, 0.05) is 10.4 Å². The van der Waals surface area contributed by atoms with Crippen molar-refractivity contribution in [2.45, 2.75) is 13.0 Å². The summed E-state index contributed by atoms with van der Waals surface area (Å²) in [4.78, 5) is 13.1. The van der Waals surface area contributed by atoms with E-state index in [0.29, 0.717) is 5.56 Å². The van der Waals surface area contributed by atoms with E-state index in [1.807, 2.05) is 24.4 Å². The second-order valence-corrected chi connectivity index (χ2v) is 5.26. The Morgan fingerprint density at radius 1 is 1.44 bits per heavy atom. The summed E-state index contributed by atoms with van der Waals surface area (Å²) in [7, 11) is 0. The topological polar surface area (TPSA) is 49.3 Å². The molecule has 0 radical (unpaired) electrons. The normalized spacial score (nSPS) is 12.1. The van der Waals surface area contributed by atoms with Crippen LogP contribution in [0.4, 0.5) is 0 Å². The number of phenolic OH excluding ortho intramolecular Hbond substituents is 1. The number of hydrogen-bond donors (Lipinski definition) is 2. The number of halogens is 1. The molecule has 1 atom stereocenters. The quantitative estimate of drug-likeness (QED) is 0.903. The largest absolute Gasteiger partial charge is 0.506 e. The molecule has 3 nitrogen and oxygen atoms in total. The van der Waals surface area contributed by atoms with Gasteiger partial charge in [-0.15, -0.1) is 11.3 Å². The fourth-order valence-electron chi connectivity index (χ4n) is 1.54. The molecule has 0 fully saturated rings. The lowest BCUT2D eigenvalue weighted by Crippen LogP contribution is -2.26. The number of amides is 1. The molecule has 5 heteroatoms. The predicted molar refractivity (Wildman–Crippen MR) is 73.3 cm³/mol. The first-order valence-corrected chi connectivity index (χ1v) is 6.66. The highest BCUT2D eigenvalue weighted by Gasteiger charge is 2.13. The first-order valence-electron chi connectivity index (χ1n) is 5.40.